The van der Waals surface area contributed by atoms with Crippen LogP contribution in [0.2, 0.25) is 0 Å². The van der Waals surface area contributed by atoms with Gasteiger partial charge in [0.2, 0.25) is 0 Å². The number of hydrogen-bond acceptors (Lipinski definition) is 3. The Labute approximate surface area is 118 Å². The number of carbonyl (C=O) groups is 2. The highest BCUT2D eigenvalue weighted by atomic mass is 16.4. The SMILES string of the molecule is CCC(CNC(=O)c1ccc2c(c1)CNCC2)C(=O)O. The fourth-order valence-corrected chi connectivity index (χ4v) is 2.35. The van der Waals surface area contributed by atoms with E-state index in [0.29, 0.717) is 12.0 Å². The first-order valence-electron chi connectivity index (χ1n) is 6.95. The van der Waals surface area contributed by atoms with Crippen LogP contribution in [0, 0.1) is 5.92 Å². The lowest BCUT2D eigenvalue weighted by atomic mass is 9.98. The van der Waals surface area contributed by atoms with E-state index in [2.05, 4.69) is 10.6 Å². The van der Waals surface area contributed by atoms with Crippen molar-refractivity contribution in [2.75, 3.05) is 13.1 Å². The predicted octanol–water partition coefficient (Wildman–Crippen LogP) is 1.17. The molecule has 1 aliphatic heterocycles. The summed E-state index contributed by atoms with van der Waals surface area (Å²) in [5.74, 6) is -1.61. The number of rotatable bonds is 5. The summed E-state index contributed by atoms with van der Waals surface area (Å²) in [6.45, 7) is 3.72. The highest BCUT2D eigenvalue weighted by Gasteiger charge is 2.17. The van der Waals surface area contributed by atoms with Gasteiger partial charge in [-0.05, 0) is 42.6 Å². The van der Waals surface area contributed by atoms with Gasteiger partial charge in [0.25, 0.3) is 5.91 Å². The first-order chi connectivity index (χ1) is 9.61. The fourth-order valence-electron chi connectivity index (χ4n) is 2.35. The molecule has 5 heteroatoms. The summed E-state index contributed by atoms with van der Waals surface area (Å²) in [5, 5.41) is 14.9. The molecule has 3 N–H and O–H groups in total. The van der Waals surface area contributed by atoms with Crippen molar-refractivity contribution in [1.82, 2.24) is 10.6 Å². The Hall–Kier alpha value is -1.88. The number of hydrogen-bond donors (Lipinski definition) is 3. The molecule has 0 fully saturated rings. The topological polar surface area (TPSA) is 78.4 Å². The van der Waals surface area contributed by atoms with Crippen molar-refractivity contribution in [2.24, 2.45) is 5.92 Å². The first kappa shape index (κ1) is 14.5. The summed E-state index contributed by atoms with van der Waals surface area (Å²) in [5.41, 5.74) is 3.01. The van der Waals surface area contributed by atoms with Crippen LogP contribution < -0.4 is 10.6 Å². The molecule has 0 bridgehead atoms. The number of fused-ring (bicyclic) bond motifs is 1. The van der Waals surface area contributed by atoms with Crippen LogP contribution in [0.1, 0.15) is 34.8 Å². The predicted molar refractivity (Wildman–Crippen MR) is 75.6 cm³/mol. The zero-order valence-electron chi connectivity index (χ0n) is 11.6. The van der Waals surface area contributed by atoms with Gasteiger partial charge in [-0.2, -0.15) is 0 Å². The lowest BCUT2D eigenvalue weighted by Crippen LogP contribution is -2.33. The molecule has 1 atom stereocenters. The molecule has 20 heavy (non-hydrogen) atoms. The number of carboxylic acid groups (broad SMARTS) is 1. The molecule has 1 amide bonds. The quantitative estimate of drug-likeness (QED) is 0.754. The largest absolute Gasteiger partial charge is 0.481 e. The number of benzene rings is 1. The van der Waals surface area contributed by atoms with Gasteiger partial charge in [0, 0.05) is 18.7 Å². The van der Waals surface area contributed by atoms with Gasteiger partial charge in [-0.15, -0.1) is 0 Å². The normalized spacial score (nSPS) is 15.2. The molecule has 1 aromatic rings. The summed E-state index contributed by atoms with van der Waals surface area (Å²) in [6, 6.07) is 5.68. The van der Waals surface area contributed by atoms with Crippen molar-refractivity contribution in [1.29, 1.82) is 0 Å². The molecular formula is C15H20N2O3. The minimum atomic E-state index is -0.873. The standard InChI is InChI=1S/C15H20N2O3/c1-2-10(15(19)20)9-17-14(18)12-4-3-11-5-6-16-8-13(11)7-12/h3-4,7,10,16H,2,5-6,8-9H2,1H3,(H,17,18)(H,19,20). The summed E-state index contributed by atoms with van der Waals surface area (Å²) in [4.78, 5) is 23.0. The third-order valence-electron chi connectivity index (χ3n) is 3.71. The van der Waals surface area contributed by atoms with Crippen molar-refractivity contribution < 1.29 is 14.7 Å². The maximum Gasteiger partial charge on any atom is 0.308 e. The van der Waals surface area contributed by atoms with Crippen LogP contribution in [0.3, 0.4) is 0 Å². The Morgan fingerprint density at radius 3 is 2.90 bits per heavy atom. The molecule has 5 nitrogen and oxygen atoms in total. The summed E-state index contributed by atoms with van der Waals surface area (Å²) >= 11 is 0. The average Bonchev–Trinajstić information content (AvgIpc) is 2.46. The third-order valence-corrected chi connectivity index (χ3v) is 3.71. The molecule has 0 saturated heterocycles. The lowest BCUT2D eigenvalue weighted by Gasteiger charge is -2.18. The van der Waals surface area contributed by atoms with Gasteiger partial charge in [-0.25, -0.2) is 0 Å². The fraction of sp³-hybridized carbons (Fsp3) is 0.467. The molecule has 1 aromatic carbocycles. The molecular weight excluding hydrogens is 256 g/mol. The molecule has 1 heterocycles. The zero-order valence-corrected chi connectivity index (χ0v) is 11.6. The number of amides is 1. The van der Waals surface area contributed by atoms with Crippen molar-refractivity contribution >= 4 is 11.9 Å². The number of nitrogens with one attached hydrogen (secondary N) is 2. The maximum absolute atomic E-state index is 12.0. The van der Waals surface area contributed by atoms with Crippen LogP contribution in [0.25, 0.3) is 0 Å². The van der Waals surface area contributed by atoms with Crippen molar-refractivity contribution in [3.63, 3.8) is 0 Å². The molecule has 1 aliphatic rings. The van der Waals surface area contributed by atoms with E-state index in [1.54, 1.807) is 13.0 Å². The summed E-state index contributed by atoms with van der Waals surface area (Å²) < 4.78 is 0. The van der Waals surface area contributed by atoms with E-state index in [9.17, 15) is 9.59 Å². The second-order valence-corrected chi connectivity index (χ2v) is 5.06. The van der Waals surface area contributed by atoms with Crippen molar-refractivity contribution in [3.8, 4) is 0 Å². The van der Waals surface area contributed by atoms with Gasteiger partial charge >= 0.3 is 5.97 Å². The monoisotopic (exact) mass is 276 g/mol. The van der Waals surface area contributed by atoms with Crippen LogP contribution in [0.5, 0.6) is 0 Å². The molecule has 0 aromatic heterocycles. The zero-order chi connectivity index (χ0) is 14.5. The molecule has 0 saturated carbocycles. The van der Waals surface area contributed by atoms with Crippen LogP contribution in [0.15, 0.2) is 18.2 Å². The van der Waals surface area contributed by atoms with Crippen LogP contribution in [-0.2, 0) is 17.8 Å². The number of carbonyl (C=O) groups excluding carboxylic acids is 1. The first-order valence-corrected chi connectivity index (χ1v) is 6.95. The van der Waals surface area contributed by atoms with Crippen molar-refractivity contribution in [3.05, 3.63) is 34.9 Å². The molecule has 108 valence electrons. The van der Waals surface area contributed by atoms with Crippen LogP contribution in [-0.4, -0.2) is 30.1 Å². The van der Waals surface area contributed by atoms with E-state index >= 15 is 0 Å². The van der Waals surface area contributed by atoms with E-state index < -0.39 is 11.9 Å². The van der Waals surface area contributed by atoms with Gasteiger partial charge in [-0.1, -0.05) is 13.0 Å². The lowest BCUT2D eigenvalue weighted by molar-refractivity contribution is -0.141. The summed E-state index contributed by atoms with van der Waals surface area (Å²) in [6.07, 6.45) is 1.48. The van der Waals surface area contributed by atoms with Gasteiger partial charge in [-0.3, -0.25) is 9.59 Å². The minimum absolute atomic E-state index is 0.167. The summed E-state index contributed by atoms with van der Waals surface area (Å²) in [7, 11) is 0. The second-order valence-electron chi connectivity index (χ2n) is 5.06. The van der Waals surface area contributed by atoms with E-state index in [1.165, 1.54) is 5.56 Å². The van der Waals surface area contributed by atoms with Crippen LogP contribution in [0.4, 0.5) is 0 Å². The Kier molecular flexibility index (Phi) is 4.74. The van der Waals surface area contributed by atoms with E-state index in [1.807, 2.05) is 12.1 Å². The highest BCUT2D eigenvalue weighted by molar-refractivity contribution is 5.94. The van der Waals surface area contributed by atoms with Crippen molar-refractivity contribution in [2.45, 2.75) is 26.3 Å². The van der Waals surface area contributed by atoms with Crippen LogP contribution >= 0.6 is 0 Å². The molecule has 0 spiro atoms. The Balaban J connectivity index is 2.00. The molecule has 0 aliphatic carbocycles. The van der Waals surface area contributed by atoms with Gasteiger partial charge in [0.05, 0.1) is 5.92 Å². The molecule has 1 unspecified atom stereocenters. The molecule has 0 radical (unpaired) electrons. The smallest absolute Gasteiger partial charge is 0.308 e. The number of aliphatic carboxylic acids is 1. The van der Waals surface area contributed by atoms with E-state index in [4.69, 9.17) is 5.11 Å². The third kappa shape index (κ3) is 3.36. The van der Waals surface area contributed by atoms with E-state index in [0.717, 1.165) is 25.1 Å². The molecule has 2 rings (SSSR count). The highest BCUT2D eigenvalue weighted by Crippen LogP contribution is 2.16. The Bertz CT molecular complexity index is 514. The van der Waals surface area contributed by atoms with Gasteiger partial charge in [0.15, 0.2) is 0 Å². The second kappa shape index (κ2) is 6.52. The Morgan fingerprint density at radius 1 is 1.40 bits per heavy atom. The average molecular weight is 276 g/mol. The minimum Gasteiger partial charge on any atom is -0.481 e. The van der Waals surface area contributed by atoms with E-state index in [-0.39, 0.29) is 12.5 Å². The Morgan fingerprint density at radius 2 is 2.20 bits per heavy atom. The maximum atomic E-state index is 12.0. The van der Waals surface area contributed by atoms with Gasteiger partial charge in [0.1, 0.15) is 0 Å². The number of carboxylic acids is 1. The van der Waals surface area contributed by atoms with Gasteiger partial charge < -0.3 is 15.7 Å².